The van der Waals surface area contributed by atoms with E-state index in [4.69, 9.17) is 15.9 Å². The number of aromatic hydroxyl groups is 1. The number of aromatic amines is 1. The second-order valence-corrected chi connectivity index (χ2v) is 4.63. The van der Waals surface area contributed by atoms with E-state index in [1.54, 1.807) is 13.8 Å². The van der Waals surface area contributed by atoms with E-state index in [2.05, 4.69) is 9.97 Å². The maximum absolute atomic E-state index is 11.0. The predicted octanol–water partition coefficient (Wildman–Crippen LogP) is 1.37. The van der Waals surface area contributed by atoms with Gasteiger partial charge in [0.15, 0.2) is 10.8 Å². The third kappa shape index (κ3) is 8.21. The fraction of sp³-hybridized carbons (Fsp3) is 0.600. The van der Waals surface area contributed by atoms with Crippen molar-refractivity contribution in [2.24, 2.45) is 0 Å². The normalized spacial score (nSPS) is 9.39. The molecule has 0 saturated heterocycles. The number of aliphatic hydroxyl groups excluding tert-OH is 1. The molecule has 0 aliphatic carbocycles. The first kappa shape index (κ1) is 19.4. The lowest BCUT2D eigenvalue weighted by atomic mass is 10.5. The first-order chi connectivity index (χ1) is 7.88. The van der Waals surface area contributed by atoms with E-state index < -0.39 is 11.4 Å². The molecule has 5 N–H and O–H groups in total. The molecule has 0 spiro atoms. The zero-order valence-corrected chi connectivity index (χ0v) is 12.3. The second kappa shape index (κ2) is 10.0. The highest BCUT2D eigenvalue weighted by Crippen LogP contribution is 2.17. The fourth-order valence-electron chi connectivity index (χ4n) is 0.717. The van der Waals surface area contributed by atoms with Crippen molar-refractivity contribution in [3.8, 4) is 5.88 Å². The molecule has 0 bridgehead atoms. The van der Waals surface area contributed by atoms with Gasteiger partial charge < -0.3 is 15.9 Å². The number of anilines is 1. The number of nitrogens with two attached hydrogens (primary N) is 1. The van der Waals surface area contributed by atoms with Crippen LogP contribution < -0.4 is 11.3 Å². The van der Waals surface area contributed by atoms with Gasteiger partial charge in [-0.2, -0.15) is 4.98 Å². The van der Waals surface area contributed by atoms with Crippen LogP contribution in [0, 0.1) is 0 Å². The van der Waals surface area contributed by atoms with E-state index in [9.17, 15) is 4.79 Å². The molecular weight excluding hydrogens is 278 g/mol. The van der Waals surface area contributed by atoms with Crippen LogP contribution in [-0.4, -0.2) is 32.0 Å². The Morgan fingerprint density at radius 2 is 2.00 bits per heavy atom. The molecule has 0 atom stereocenters. The van der Waals surface area contributed by atoms with Gasteiger partial charge in [-0.3, -0.25) is 9.78 Å². The van der Waals surface area contributed by atoms with E-state index in [0.717, 1.165) is 12.2 Å². The molecule has 0 aromatic carbocycles. The lowest BCUT2D eigenvalue weighted by Crippen LogP contribution is -2.13. The molecule has 0 amide bonds. The number of aliphatic hydroxyl groups is 1. The summed E-state index contributed by atoms with van der Waals surface area (Å²) in [6, 6.07) is 0. The Morgan fingerprint density at radius 1 is 1.50 bits per heavy atom. The monoisotopic (exact) mass is 297 g/mol. The van der Waals surface area contributed by atoms with Crippen molar-refractivity contribution in [2.75, 3.05) is 11.5 Å². The maximum atomic E-state index is 11.0. The Labute approximate surface area is 116 Å². The number of halogens is 1. The molecule has 0 unspecified atom stereocenters. The zero-order valence-electron chi connectivity index (χ0n) is 10.6. The largest absolute Gasteiger partial charge is 0.492 e. The number of hydrogen-bond acceptors (Lipinski definition) is 6. The van der Waals surface area contributed by atoms with Gasteiger partial charge >= 0.3 is 0 Å². The number of nitrogens with zero attached hydrogens (tertiary/aromatic N) is 1. The number of hydrogen-bond donors (Lipinski definition) is 4. The molecule has 1 aromatic rings. The van der Waals surface area contributed by atoms with E-state index in [0.29, 0.717) is 5.16 Å². The minimum atomic E-state index is -0.494. The van der Waals surface area contributed by atoms with E-state index in [1.807, 2.05) is 6.92 Å². The van der Waals surface area contributed by atoms with Gasteiger partial charge in [-0.15, -0.1) is 12.4 Å². The minimum absolute atomic E-state index is 0. The van der Waals surface area contributed by atoms with E-state index in [1.165, 1.54) is 11.8 Å². The molecule has 8 heteroatoms. The number of nitrogen functional groups attached to an aromatic ring is 1. The van der Waals surface area contributed by atoms with Crippen LogP contribution in [0.1, 0.15) is 27.2 Å². The van der Waals surface area contributed by atoms with Gasteiger partial charge in [0, 0.05) is 11.9 Å². The van der Waals surface area contributed by atoms with E-state index >= 15 is 0 Å². The van der Waals surface area contributed by atoms with Crippen molar-refractivity contribution >= 4 is 29.9 Å². The quantitative estimate of drug-likeness (QED) is 0.495. The summed E-state index contributed by atoms with van der Waals surface area (Å²) in [5.74, 6) is 0.439. The van der Waals surface area contributed by atoms with Crippen molar-refractivity contribution in [1.29, 1.82) is 0 Å². The summed E-state index contributed by atoms with van der Waals surface area (Å²) < 4.78 is 0. The highest BCUT2D eigenvalue weighted by Gasteiger charge is 2.06. The van der Waals surface area contributed by atoms with E-state index in [-0.39, 0.29) is 24.2 Å². The van der Waals surface area contributed by atoms with Crippen molar-refractivity contribution < 1.29 is 10.2 Å². The number of H-pyrrole nitrogens is 1. The van der Waals surface area contributed by atoms with Crippen LogP contribution in [0.2, 0.25) is 0 Å². The van der Waals surface area contributed by atoms with Gasteiger partial charge in [0.25, 0.3) is 5.56 Å². The minimum Gasteiger partial charge on any atom is -0.492 e. The number of nitrogens with one attached hydrogen (secondary N) is 1. The average Bonchev–Trinajstić information content (AvgIpc) is 2.22. The van der Waals surface area contributed by atoms with Crippen LogP contribution in [-0.2, 0) is 0 Å². The molecule has 1 rings (SSSR count). The SMILES string of the molecule is CC(C)O.CCCSc1nc(O)c(N)c(=O)[nH]1.Cl. The molecular formula is C10H20ClN3O3S. The zero-order chi connectivity index (χ0) is 13.4. The third-order valence-electron chi connectivity index (χ3n) is 1.36. The summed E-state index contributed by atoms with van der Waals surface area (Å²) in [4.78, 5) is 17.2. The lowest BCUT2D eigenvalue weighted by Gasteiger charge is -2.00. The van der Waals surface area contributed by atoms with Crippen LogP contribution in [0.5, 0.6) is 5.88 Å². The van der Waals surface area contributed by atoms with Gasteiger partial charge in [0.1, 0.15) is 0 Å². The Balaban J connectivity index is 0. The first-order valence-electron chi connectivity index (χ1n) is 5.28. The topological polar surface area (TPSA) is 112 Å². The van der Waals surface area contributed by atoms with Crippen molar-refractivity contribution in [2.45, 2.75) is 38.5 Å². The predicted molar refractivity (Wildman–Crippen MR) is 76.6 cm³/mol. The number of aromatic nitrogens is 2. The van der Waals surface area contributed by atoms with Gasteiger partial charge in [0.2, 0.25) is 5.88 Å². The highest BCUT2D eigenvalue weighted by molar-refractivity contribution is 7.99. The number of thioether (sulfide) groups is 1. The molecule has 6 nitrogen and oxygen atoms in total. The molecule has 106 valence electrons. The molecule has 1 aromatic heterocycles. The summed E-state index contributed by atoms with van der Waals surface area (Å²) in [6.07, 6.45) is 0.805. The first-order valence-corrected chi connectivity index (χ1v) is 6.26. The van der Waals surface area contributed by atoms with Crippen LogP contribution in [0.25, 0.3) is 0 Å². The Bertz CT molecular complexity index is 396. The van der Waals surface area contributed by atoms with Crippen LogP contribution >= 0.6 is 24.2 Å². The highest BCUT2D eigenvalue weighted by atomic mass is 35.5. The van der Waals surface area contributed by atoms with Crippen LogP contribution in [0.4, 0.5) is 5.69 Å². The summed E-state index contributed by atoms with van der Waals surface area (Å²) >= 11 is 1.38. The second-order valence-electron chi connectivity index (χ2n) is 3.55. The fourth-order valence-corrected chi connectivity index (χ4v) is 1.43. The molecule has 0 radical (unpaired) electrons. The molecule has 1 heterocycles. The number of rotatable bonds is 3. The Morgan fingerprint density at radius 3 is 2.39 bits per heavy atom. The summed E-state index contributed by atoms with van der Waals surface area (Å²) in [5, 5.41) is 17.6. The summed E-state index contributed by atoms with van der Waals surface area (Å²) in [5.41, 5.74) is 4.48. The molecule has 18 heavy (non-hydrogen) atoms. The van der Waals surface area contributed by atoms with Crippen molar-refractivity contribution in [3.63, 3.8) is 0 Å². The molecule has 0 aliphatic rings. The Kier molecular flexibility index (Phi) is 10.8. The average molecular weight is 298 g/mol. The standard InChI is InChI=1S/C7H11N3O2S.C3H8O.ClH/c1-2-3-13-7-9-5(11)4(8)6(12)10-7;1-3(2)4;/h2-3,8H2,1H3,(H2,9,10,11,12);3-4H,1-2H3;1H. The smallest absolute Gasteiger partial charge is 0.278 e. The van der Waals surface area contributed by atoms with Crippen LogP contribution in [0.15, 0.2) is 9.95 Å². The van der Waals surface area contributed by atoms with Crippen LogP contribution in [0.3, 0.4) is 0 Å². The lowest BCUT2D eigenvalue weighted by molar-refractivity contribution is 0.216. The van der Waals surface area contributed by atoms with Crippen molar-refractivity contribution in [1.82, 2.24) is 9.97 Å². The van der Waals surface area contributed by atoms with Gasteiger partial charge in [0.05, 0.1) is 0 Å². The molecule has 0 saturated carbocycles. The van der Waals surface area contributed by atoms with Gasteiger partial charge in [-0.05, 0) is 20.3 Å². The Hall–Kier alpha value is -0.920. The molecule has 0 fully saturated rings. The van der Waals surface area contributed by atoms with Gasteiger partial charge in [-0.1, -0.05) is 18.7 Å². The third-order valence-corrected chi connectivity index (χ3v) is 2.44. The maximum Gasteiger partial charge on any atom is 0.278 e. The molecule has 0 aliphatic heterocycles. The van der Waals surface area contributed by atoms with Gasteiger partial charge in [-0.25, -0.2) is 0 Å². The summed E-state index contributed by atoms with van der Waals surface area (Å²) in [7, 11) is 0. The summed E-state index contributed by atoms with van der Waals surface area (Å²) in [6.45, 7) is 5.46. The van der Waals surface area contributed by atoms with Crippen molar-refractivity contribution in [3.05, 3.63) is 10.4 Å².